The Morgan fingerprint density at radius 2 is 2.40 bits per heavy atom. The standard InChI is InChI=1S/C10H20N4S/c1-4-14-10(12-8-13-14)7-11-9(2)5-6-15-3/h8-9,11H,4-7H2,1-3H3. The molecule has 4 nitrogen and oxygen atoms in total. The smallest absolute Gasteiger partial charge is 0.140 e. The molecule has 0 saturated heterocycles. The molecule has 86 valence electrons. The molecule has 0 radical (unpaired) electrons. The average molecular weight is 228 g/mol. The number of aromatic nitrogens is 3. The van der Waals surface area contributed by atoms with Crippen molar-refractivity contribution in [2.45, 2.75) is 39.4 Å². The minimum absolute atomic E-state index is 0.541. The molecule has 0 spiro atoms. The zero-order valence-corrected chi connectivity index (χ0v) is 10.5. The third kappa shape index (κ3) is 4.22. The fourth-order valence-corrected chi connectivity index (χ4v) is 1.94. The van der Waals surface area contributed by atoms with Gasteiger partial charge in [0.15, 0.2) is 0 Å². The second-order valence-electron chi connectivity index (χ2n) is 3.56. The highest BCUT2D eigenvalue weighted by molar-refractivity contribution is 7.98. The molecular formula is C10H20N4S. The molecule has 1 heterocycles. The second kappa shape index (κ2) is 6.85. The van der Waals surface area contributed by atoms with Crippen molar-refractivity contribution in [1.82, 2.24) is 20.1 Å². The SMILES string of the molecule is CCn1ncnc1CNC(C)CCSC. The Bertz CT molecular complexity index is 274. The number of thioether (sulfide) groups is 1. The maximum atomic E-state index is 4.22. The first-order chi connectivity index (χ1) is 7.27. The summed E-state index contributed by atoms with van der Waals surface area (Å²) in [6, 6.07) is 0.541. The first-order valence-corrected chi connectivity index (χ1v) is 6.76. The zero-order chi connectivity index (χ0) is 11.1. The number of aryl methyl sites for hydroxylation is 1. The number of rotatable bonds is 7. The zero-order valence-electron chi connectivity index (χ0n) is 9.73. The fraction of sp³-hybridized carbons (Fsp3) is 0.800. The van der Waals surface area contributed by atoms with Gasteiger partial charge in [0.05, 0.1) is 6.54 Å². The molecule has 0 amide bonds. The monoisotopic (exact) mass is 228 g/mol. The van der Waals surface area contributed by atoms with Crippen molar-refractivity contribution in [3.63, 3.8) is 0 Å². The summed E-state index contributed by atoms with van der Waals surface area (Å²) in [5, 5.41) is 7.59. The van der Waals surface area contributed by atoms with E-state index in [1.807, 2.05) is 16.4 Å². The molecule has 1 atom stereocenters. The lowest BCUT2D eigenvalue weighted by atomic mass is 10.2. The van der Waals surface area contributed by atoms with E-state index in [0.717, 1.165) is 18.9 Å². The van der Waals surface area contributed by atoms with E-state index in [-0.39, 0.29) is 0 Å². The summed E-state index contributed by atoms with van der Waals surface area (Å²) in [6.45, 7) is 5.98. The van der Waals surface area contributed by atoms with Gasteiger partial charge in [0.25, 0.3) is 0 Å². The molecule has 0 fully saturated rings. The Hall–Kier alpha value is -0.550. The third-order valence-corrected chi connectivity index (χ3v) is 3.00. The lowest BCUT2D eigenvalue weighted by Crippen LogP contribution is -2.27. The Morgan fingerprint density at radius 1 is 1.60 bits per heavy atom. The second-order valence-corrected chi connectivity index (χ2v) is 4.54. The van der Waals surface area contributed by atoms with Crippen molar-refractivity contribution in [1.29, 1.82) is 0 Å². The van der Waals surface area contributed by atoms with Crippen LogP contribution in [0.3, 0.4) is 0 Å². The van der Waals surface area contributed by atoms with Crippen LogP contribution >= 0.6 is 11.8 Å². The third-order valence-electron chi connectivity index (χ3n) is 2.36. The molecule has 1 aromatic rings. The van der Waals surface area contributed by atoms with E-state index in [4.69, 9.17) is 0 Å². The van der Waals surface area contributed by atoms with Gasteiger partial charge in [0.2, 0.25) is 0 Å². The maximum absolute atomic E-state index is 4.22. The quantitative estimate of drug-likeness (QED) is 0.768. The van der Waals surface area contributed by atoms with E-state index in [9.17, 15) is 0 Å². The summed E-state index contributed by atoms with van der Waals surface area (Å²) >= 11 is 1.89. The van der Waals surface area contributed by atoms with Crippen molar-refractivity contribution >= 4 is 11.8 Å². The van der Waals surface area contributed by atoms with Crippen LogP contribution in [0.5, 0.6) is 0 Å². The molecule has 0 aliphatic carbocycles. The van der Waals surface area contributed by atoms with Gasteiger partial charge in [-0.05, 0) is 32.3 Å². The number of nitrogens with zero attached hydrogens (tertiary/aromatic N) is 3. The Balaban J connectivity index is 2.30. The van der Waals surface area contributed by atoms with Gasteiger partial charge in [-0.15, -0.1) is 0 Å². The predicted molar refractivity (Wildman–Crippen MR) is 65.0 cm³/mol. The Labute approximate surface area is 95.9 Å². The van der Waals surface area contributed by atoms with E-state index in [0.29, 0.717) is 6.04 Å². The highest BCUT2D eigenvalue weighted by Crippen LogP contribution is 2.01. The van der Waals surface area contributed by atoms with Crippen LogP contribution in [0.1, 0.15) is 26.1 Å². The summed E-state index contributed by atoms with van der Waals surface area (Å²) in [4.78, 5) is 4.22. The van der Waals surface area contributed by atoms with Crippen molar-refractivity contribution in [2.75, 3.05) is 12.0 Å². The van der Waals surface area contributed by atoms with Crippen molar-refractivity contribution < 1.29 is 0 Å². The van der Waals surface area contributed by atoms with E-state index in [1.165, 1.54) is 12.2 Å². The average Bonchev–Trinajstić information content (AvgIpc) is 2.70. The van der Waals surface area contributed by atoms with Crippen LogP contribution in [0.2, 0.25) is 0 Å². The van der Waals surface area contributed by atoms with Crippen LogP contribution in [-0.4, -0.2) is 32.8 Å². The Kier molecular flexibility index (Phi) is 5.71. The minimum atomic E-state index is 0.541. The van der Waals surface area contributed by atoms with Gasteiger partial charge in [-0.3, -0.25) is 0 Å². The van der Waals surface area contributed by atoms with Crippen molar-refractivity contribution in [2.24, 2.45) is 0 Å². The van der Waals surface area contributed by atoms with Gasteiger partial charge in [-0.1, -0.05) is 0 Å². The Morgan fingerprint density at radius 3 is 3.07 bits per heavy atom. The molecule has 5 heteroatoms. The van der Waals surface area contributed by atoms with Gasteiger partial charge in [0.1, 0.15) is 12.2 Å². The number of nitrogens with one attached hydrogen (secondary N) is 1. The van der Waals surface area contributed by atoms with Crippen LogP contribution in [0.15, 0.2) is 6.33 Å². The molecule has 0 aromatic carbocycles. The highest BCUT2D eigenvalue weighted by atomic mass is 32.2. The maximum Gasteiger partial charge on any atom is 0.140 e. The molecule has 0 bridgehead atoms. The van der Waals surface area contributed by atoms with E-state index < -0.39 is 0 Å². The topological polar surface area (TPSA) is 42.7 Å². The van der Waals surface area contributed by atoms with E-state index in [2.05, 4.69) is 35.5 Å². The van der Waals surface area contributed by atoms with Crippen LogP contribution in [-0.2, 0) is 13.1 Å². The summed E-state index contributed by atoms with van der Waals surface area (Å²) in [7, 11) is 0. The lowest BCUT2D eigenvalue weighted by Gasteiger charge is -2.12. The van der Waals surface area contributed by atoms with Gasteiger partial charge in [-0.25, -0.2) is 9.67 Å². The first kappa shape index (κ1) is 12.5. The van der Waals surface area contributed by atoms with Crippen LogP contribution in [0, 0.1) is 0 Å². The predicted octanol–water partition coefficient (Wildman–Crippen LogP) is 1.53. The molecule has 1 rings (SSSR count). The highest BCUT2D eigenvalue weighted by Gasteiger charge is 2.05. The molecule has 0 aliphatic heterocycles. The van der Waals surface area contributed by atoms with Crippen molar-refractivity contribution in [3.8, 4) is 0 Å². The van der Waals surface area contributed by atoms with Gasteiger partial charge in [-0.2, -0.15) is 16.9 Å². The molecule has 0 saturated carbocycles. The van der Waals surface area contributed by atoms with Crippen LogP contribution < -0.4 is 5.32 Å². The molecule has 1 unspecified atom stereocenters. The normalized spacial score (nSPS) is 13.0. The van der Waals surface area contributed by atoms with E-state index >= 15 is 0 Å². The summed E-state index contributed by atoms with van der Waals surface area (Å²) < 4.78 is 1.92. The lowest BCUT2D eigenvalue weighted by molar-refractivity contribution is 0.502. The van der Waals surface area contributed by atoms with Gasteiger partial charge >= 0.3 is 0 Å². The van der Waals surface area contributed by atoms with Gasteiger partial charge in [0, 0.05) is 12.6 Å². The minimum Gasteiger partial charge on any atom is -0.307 e. The van der Waals surface area contributed by atoms with E-state index in [1.54, 1.807) is 6.33 Å². The fourth-order valence-electron chi connectivity index (χ4n) is 1.35. The largest absolute Gasteiger partial charge is 0.307 e. The summed E-state index contributed by atoms with van der Waals surface area (Å²) in [6.07, 6.45) is 4.95. The molecule has 0 aliphatic rings. The van der Waals surface area contributed by atoms with Crippen molar-refractivity contribution in [3.05, 3.63) is 12.2 Å². The summed E-state index contributed by atoms with van der Waals surface area (Å²) in [5.41, 5.74) is 0. The van der Waals surface area contributed by atoms with Gasteiger partial charge < -0.3 is 5.32 Å². The number of hydrogen-bond donors (Lipinski definition) is 1. The molecule has 1 aromatic heterocycles. The van der Waals surface area contributed by atoms with Crippen LogP contribution in [0.25, 0.3) is 0 Å². The molecular weight excluding hydrogens is 208 g/mol. The summed E-state index contributed by atoms with van der Waals surface area (Å²) in [5.74, 6) is 2.22. The molecule has 1 N–H and O–H groups in total. The van der Waals surface area contributed by atoms with Crippen LogP contribution in [0.4, 0.5) is 0 Å². The molecule has 15 heavy (non-hydrogen) atoms. The first-order valence-electron chi connectivity index (χ1n) is 5.37. The number of hydrogen-bond acceptors (Lipinski definition) is 4.